The molecule has 35 heavy (non-hydrogen) atoms. The number of nitrogens with zero attached hydrogens (tertiary/aromatic N) is 4. The first-order valence-electron chi connectivity index (χ1n) is 11.6. The normalized spacial score (nSPS) is 12.9. The van der Waals surface area contributed by atoms with Crippen LogP contribution in [0.3, 0.4) is 0 Å². The van der Waals surface area contributed by atoms with E-state index in [1.165, 1.54) is 0 Å². The monoisotopic (exact) mass is 483 g/mol. The zero-order valence-corrected chi connectivity index (χ0v) is 20.8. The van der Waals surface area contributed by atoms with E-state index >= 15 is 0 Å². The number of carbonyl (C=O) groups is 1. The number of rotatable bonds is 11. The van der Waals surface area contributed by atoms with Gasteiger partial charge in [0.25, 0.3) is 5.89 Å². The number of aliphatic hydroxyl groups excluding tert-OH is 2. The SMILES string of the molecule is CCc1cc(-c2noc(-c3cc(C)nc(N(C)CC)c3)n2)cc(C)c1OC[C@@H](O)CC(O)C(N)=O. The van der Waals surface area contributed by atoms with Crippen LogP contribution in [0.25, 0.3) is 22.8 Å². The van der Waals surface area contributed by atoms with Crippen molar-refractivity contribution in [1.29, 1.82) is 0 Å². The number of anilines is 1. The minimum Gasteiger partial charge on any atom is -0.490 e. The second-order valence-electron chi connectivity index (χ2n) is 8.55. The smallest absolute Gasteiger partial charge is 0.258 e. The summed E-state index contributed by atoms with van der Waals surface area (Å²) >= 11 is 0. The van der Waals surface area contributed by atoms with Gasteiger partial charge in [-0.3, -0.25) is 4.79 Å². The molecule has 10 heteroatoms. The Labute approximate surface area is 204 Å². The lowest BCUT2D eigenvalue weighted by molar-refractivity contribution is -0.127. The highest BCUT2D eigenvalue weighted by atomic mass is 16.5. The average Bonchev–Trinajstić information content (AvgIpc) is 3.32. The summed E-state index contributed by atoms with van der Waals surface area (Å²) in [5.74, 6) is 1.44. The van der Waals surface area contributed by atoms with Crippen LogP contribution in [0.4, 0.5) is 5.82 Å². The number of primary amides is 1. The highest BCUT2D eigenvalue weighted by Gasteiger charge is 2.20. The van der Waals surface area contributed by atoms with Crippen LogP contribution in [0.1, 0.15) is 37.1 Å². The molecule has 1 amide bonds. The van der Waals surface area contributed by atoms with E-state index in [4.69, 9.17) is 15.0 Å². The molecule has 0 saturated heterocycles. The number of nitrogens with two attached hydrogens (primary N) is 1. The molecule has 188 valence electrons. The Balaban J connectivity index is 1.83. The van der Waals surface area contributed by atoms with E-state index in [0.29, 0.717) is 23.9 Å². The molecule has 0 aliphatic rings. The first-order valence-corrected chi connectivity index (χ1v) is 11.6. The van der Waals surface area contributed by atoms with E-state index in [9.17, 15) is 15.0 Å². The van der Waals surface area contributed by atoms with Crippen LogP contribution in [0, 0.1) is 13.8 Å². The Kier molecular flexibility index (Phi) is 8.42. The van der Waals surface area contributed by atoms with Crippen molar-refractivity contribution in [3.05, 3.63) is 41.1 Å². The molecule has 0 saturated carbocycles. The van der Waals surface area contributed by atoms with Gasteiger partial charge < -0.3 is 30.1 Å². The lowest BCUT2D eigenvalue weighted by Gasteiger charge is -2.18. The van der Waals surface area contributed by atoms with E-state index in [1.54, 1.807) is 0 Å². The summed E-state index contributed by atoms with van der Waals surface area (Å²) in [5, 5.41) is 23.8. The van der Waals surface area contributed by atoms with Gasteiger partial charge in [-0.15, -0.1) is 0 Å². The van der Waals surface area contributed by atoms with Gasteiger partial charge in [0, 0.05) is 36.8 Å². The van der Waals surface area contributed by atoms with Crippen molar-refractivity contribution in [2.75, 3.05) is 25.1 Å². The Hall–Kier alpha value is -3.50. The molecule has 0 bridgehead atoms. The van der Waals surface area contributed by atoms with Crippen LogP contribution in [-0.4, -0.2) is 63.7 Å². The molecule has 1 unspecified atom stereocenters. The standard InChI is InChI=1S/C25H33N5O5/c1-6-16-10-17(8-14(3)22(16)34-13-19(31)12-20(32)23(26)33)24-28-25(35-29-24)18-9-15(4)27-21(11-18)30(5)7-2/h8-11,19-20,31-32H,6-7,12-13H2,1-5H3,(H2,26,33)/t19-,20?/m0/s1. The summed E-state index contributed by atoms with van der Waals surface area (Å²) in [6, 6.07) is 7.65. The zero-order chi connectivity index (χ0) is 25.7. The van der Waals surface area contributed by atoms with Crippen molar-refractivity contribution < 1.29 is 24.3 Å². The maximum Gasteiger partial charge on any atom is 0.258 e. The van der Waals surface area contributed by atoms with Gasteiger partial charge in [0.15, 0.2) is 0 Å². The first kappa shape index (κ1) is 26.1. The third-order valence-corrected chi connectivity index (χ3v) is 5.71. The van der Waals surface area contributed by atoms with Crippen LogP contribution < -0.4 is 15.4 Å². The van der Waals surface area contributed by atoms with Gasteiger partial charge >= 0.3 is 0 Å². The van der Waals surface area contributed by atoms with E-state index in [-0.39, 0.29) is 13.0 Å². The second kappa shape index (κ2) is 11.3. The molecular formula is C25H33N5O5. The molecule has 0 aliphatic heterocycles. The Morgan fingerprint density at radius 1 is 1.14 bits per heavy atom. The third kappa shape index (κ3) is 6.34. The van der Waals surface area contributed by atoms with Crippen molar-refractivity contribution in [2.45, 2.75) is 52.7 Å². The van der Waals surface area contributed by atoms with Gasteiger partial charge in [-0.1, -0.05) is 12.1 Å². The largest absolute Gasteiger partial charge is 0.490 e. The number of hydrogen-bond acceptors (Lipinski definition) is 9. The minimum absolute atomic E-state index is 0.0835. The predicted molar refractivity (Wildman–Crippen MR) is 132 cm³/mol. The Bertz CT molecular complexity index is 1180. The van der Waals surface area contributed by atoms with Crippen molar-refractivity contribution in [3.8, 4) is 28.6 Å². The summed E-state index contributed by atoms with van der Waals surface area (Å²) in [7, 11) is 1.97. The summed E-state index contributed by atoms with van der Waals surface area (Å²) in [6.45, 7) is 8.60. The van der Waals surface area contributed by atoms with E-state index in [1.807, 2.05) is 57.0 Å². The van der Waals surface area contributed by atoms with Gasteiger partial charge in [-0.2, -0.15) is 4.98 Å². The first-order chi connectivity index (χ1) is 16.6. The number of aliphatic hydroxyl groups is 2. The van der Waals surface area contributed by atoms with E-state index in [0.717, 1.165) is 40.3 Å². The molecule has 0 spiro atoms. The number of hydrogen-bond donors (Lipinski definition) is 3. The summed E-state index contributed by atoms with van der Waals surface area (Å²) in [4.78, 5) is 22.2. The molecule has 10 nitrogen and oxygen atoms in total. The van der Waals surface area contributed by atoms with Crippen LogP contribution in [0.2, 0.25) is 0 Å². The maximum absolute atomic E-state index is 11.0. The molecule has 2 heterocycles. The van der Waals surface area contributed by atoms with E-state index in [2.05, 4.69) is 22.0 Å². The number of aromatic nitrogens is 3. The fraction of sp³-hybridized carbons (Fsp3) is 0.440. The number of pyridine rings is 1. The Morgan fingerprint density at radius 3 is 2.54 bits per heavy atom. The van der Waals surface area contributed by atoms with Crippen molar-refractivity contribution in [3.63, 3.8) is 0 Å². The quantitative estimate of drug-likeness (QED) is 0.374. The molecule has 0 fully saturated rings. The molecule has 3 aromatic rings. The lowest BCUT2D eigenvalue weighted by Crippen LogP contribution is -2.33. The van der Waals surface area contributed by atoms with E-state index < -0.39 is 18.1 Å². The topological polar surface area (TPSA) is 148 Å². The molecule has 0 aliphatic carbocycles. The van der Waals surface area contributed by atoms with Crippen molar-refractivity contribution >= 4 is 11.7 Å². The molecular weight excluding hydrogens is 450 g/mol. The zero-order valence-electron chi connectivity index (χ0n) is 20.8. The van der Waals surface area contributed by atoms with Gasteiger partial charge in [-0.05, 0) is 62.6 Å². The van der Waals surface area contributed by atoms with Crippen molar-refractivity contribution in [1.82, 2.24) is 15.1 Å². The fourth-order valence-electron chi connectivity index (χ4n) is 3.66. The van der Waals surface area contributed by atoms with Gasteiger partial charge in [0.2, 0.25) is 11.7 Å². The fourth-order valence-corrected chi connectivity index (χ4v) is 3.66. The number of carbonyl (C=O) groups excluding carboxylic acids is 1. The Morgan fingerprint density at radius 2 is 1.89 bits per heavy atom. The summed E-state index contributed by atoms with van der Waals surface area (Å²) in [6.07, 6.45) is -1.98. The number of benzene rings is 1. The number of ether oxygens (including phenoxy) is 1. The van der Waals surface area contributed by atoms with Gasteiger partial charge in [-0.25, -0.2) is 4.98 Å². The number of amides is 1. The highest BCUT2D eigenvalue weighted by Crippen LogP contribution is 2.32. The van der Waals surface area contributed by atoms with Crippen LogP contribution in [0.5, 0.6) is 5.75 Å². The predicted octanol–water partition coefficient (Wildman–Crippen LogP) is 2.41. The second-order valence-corrected chi connectivity index (χ2v) is 8.55. The van der Waals surface area contributed by atoms with Crippen molar-refractivity contribution in [2.24, 2.45) is 5.73 Å². The minimum atomic E-state index is -1.42. The molecule has 3 rings (SSSR count). The maximum atomic E-state index is 11.0. The highest BCUT2D eigenvalue weighted by molar-refractivity contribution is 5.78. The third-order valence-electron chi connectivity index (χ3n) is 5.71. The molecule has 2 aromatic heterocycles. The average molecular weight is 484 g/mol. The molecule has 0 radical (unpaired) electrons. The van der Waals surface area contributed by atoms with Crippen LogP contribution in [-0.2, 0) is 11.2 Å². The molecule has 4 N–H and O–H groups in total. The lowest BCUT2D eigenvalue weighted by atomic mass is 10.0. The van der Waals surface area contributed by atoms with Crippen LogP contribution in [0.15, 0.2) is 28.8 Å². The van der Waals surface area contributed by atoms with Gasteiger partial charge in [0.1, 0.15) is 24.3 Å². The molecule has 2 atom stereocenters. The van der Waals surface area contributed by atoms with Crippen LogP contribution >= 0.6 is 0 Å². The van der Waals surface area contributed by atoms with Gasteiger partial charge in [0.05, 0.1) is 6.10 Å². The molecule has 1 aromatic carbocycles. The summed E-state index contributed by atoms with van der Waals surface area (Å²) in [5.41, 5.74) is 9.21. The summed E-state index contributed by atoms with van der Waals surface area (Å²) < 4.78 is 11.4. The number of aryl methyl sites for hydroxylation is 3.